The maximum Gasteiger partial charge on any atom is 0.176 e. The quantitative estimate of drug-likeness (QED) is 0.519. The molecule has 3 aromatic rings. The van der Waals surface area contributed by atoms with Gasteiger partial charge in [-0.05, 0) is 79.7 Å². The molecular weight excluding hydrogens is 424 g/mol. The average molecular weight is 455 g/mol. The summed E-state index contributed by atoms with van der Waals surface area (Å²) in [5, 5.41) is 25.0. The normalized spacial score (nSPS) is 19.1. The van der Waals surface area contributed by atoms with E-state index in [2.05, 4.69) is 61.6 Å². The second-order valence-corrected chi connectivity index (χ2v) is 10.1. The minimum Gasteiger partial charge on any atom is -0.380 e. The third-order valence-corrected chi connectivity index (χ3v) is 7.58. The number of thioether (sulfide) groups is 1. The van der Waals surface area contributed by atoms with Crippen molar-refractivity contribution in [2.75, 3.05) is 30.5 Å². The van der Waals surface area contributed by atoms with Crippen LogP contribution < -0.4 is 5.32 Å². The van der Waals surface area contributed by atoms with Crippen LogP contribution >= 0.6 is 11.8 Å². The van der Waals surface area contributed by atoms with Crippen molar-refractivity contribution in [2.24, 2.45) is 5.41 Å². The molecule has 1 saturated heterocycles. The largest absolute Gasteiger partial charge is 0.380 e. The highest BCUT2D eigenvalue weighted by atomic mass is 32.2. The average Bonchev–Trinajstić information content (AvgIpc) is 3.43. The van der Waals surface area contributed by atoms with Gasteiger partial charge < -0.3 is 10.1 Å². The molecule has 1 saturated carbocycles. The fourth-order valence-electron chi connectivity index (χ4n) is 4.90. The van der Waals surface area contributed by atoms with Gasteiger partial charge in [-0.15, -0.1) is 15.3 Å². The summed E-state index contributed by atoms with van der Waals surface area (Å²) in [6.45, 7) is 4.55. The Morgan fingerprint density at radius 1 is 1.16 bits per heavy atom. The van der Waals surface area contributed by atoms with Gasteiger partial charge in [0.1, 0.15) is 12.2 Å². The van der Waals surface area contributed by atoms with Crippen molar-refractivity contribution in [3.05, 3.63) is 42.2 Å². The molecule has 0 unspecified atom stereocenters. The molecule has 10 heteroatoms. The van der Waals surface area contributed by atoms with Crippen LogP contribution in [0.15, 0.2) is 30.6 Å². The zero-order valence-corrected chi connectivity index (χ0v) is 19.5. The van der Waals surface area contributed by atoms with Gasteiger partial charge >= 0.3 is 0 Å². The van der Waals surface area contributed by atoms with E-state index in [1.54, 1.807) is 6.33 Å². The van der Waals surface area contributed by atoms with Crippen molar-refractivity contribution in [3.63, 3.8) is 0 Å². The molecule has 2 aliphatic rings. The van der Waals surface area contributed by atoms with Crippen LogP contribution in [0.3, 0.4) is 0 Å². The Hall–Kier alpha value is -2.46. The first-order valence-electron chi connectivity index (χ1n) is 11.2. The Morgan fingerprint density at radius 3 is 2.69 bits per heavy atom. The second-order valence-electron chi connectivity index (χ2n) is 9.07. The Kier molecular flexibility index (Phi) is 5.90. The van der Waals surface area contributed by atoms with E-state index in [1.807, 2.05) is 27.9 Å². The zero-order valence-electron chi connectivity index (χ0n) is 18.7. The van der Waals surface area contributed by atoms with Crippen LogP contribution in [0, 0.1) is 12.3 Å². The first kappa shape index (κ1) is 21.4. The van der Waals surface area contributed by atoms with E-state index in [1.165, 1.54) is 0 Å². The SMILES string of the molecule is CSCCCn1nnnc1C1(Nc2cccc(-n3cnnc3C)c2)CCC2(CC1)COC2. The number of nitrogens with zero attached hydrogens (tertiary/aromatic N) is 7. The van der Waals surface area contributed by atoms with Gasteiger partial charge in [-0.3, -0.25) is 4.57 Å². The molecule has 1 aliphatic carbocycles. The lowest BCUT2D eigenvalue weighted by molar-refractivity contribution is -0.138. The van der Waals surface area contributed by atoms with Gasteiger partial charge in [0.05, 0.1) is 24.4 Å². The number of rotatable bonds is 8. The molecule has 0 radical (unpaired) electrons. The van der Waals surface area contributed by atoms with Crippen molar-refractivity contribution in [1.29, 1.82) is 0 Å². The summed E-state index contributed by atoms with van der Waals surface area (Å²) in [4.78, 5) is 0. The minimum absolute atomic E-state index is 0.301. The maximum absolute atomic E-state index is 5.57. The smallest absolute Gasteiger partial charge is 0.176 e. The predicted octanol–water partition coefficient (Wildman–Crippen LogP) is 3.21. The fraction of sp³-hybridized carbons (Fsp3) is 0.591. The van der Waals surface area contributed by atoms with Gasteiger partial charge in [-0.2, -0.15) is 11.8 Å². The predicted molar refractivity (Wildman–Crippen MR) is 124 cm³/mol. The molecule has 1 aromatic carbocycles. The van der Waals surface area contributed by atoms with Gasteiger partial charge in [0.2, 0.25) is 0 Å². The Balaban J connectivity index is 1.45. The number of hydrogen-bond acceptors (Lipinski definition) is 8. The summed E-state index contributed by atoms with van der Waals surface area (Å²) < 4.78 is 9.57. The zero-order chi connectivity index (χ0) is 22.0. The molecular formula is C22H30N8OS. The topological polar surface area (TPSA) is 95.6 Å². The van der Waals surface area contributed by atoms with Crippen molar-refractivity contribution in [3.8, 4) is 5.69 Å². The van der Waals surface area contributed by atoms with Gasteiger partial charge in [0, 0.05) is 17.6 Å². The van der Waals surface area contributed by atoms with Crippen molar-refractivity contribution in [1.82, 2.24) is 35.0 Å². The monoisotopic (exact) mass is 454 g/mol. The lowest BCUT2D eigenvalue weighted by Crippen LogP contribution is -2.51. The maximum atomic E-state index is 5.57. The summed E-state index contributed by atoms with van der Waals surface area (Å²) >= 11 is 1.85. The summed E-state index contributed by atoms with van der Waals surface area (Å²) in [5.74, 6) is 2.90. The molecule has 170 valence electrons. The van der Waals surface area contributed by atoms with E-state index < -0.39 is 0 Å². The number of anilines is 1. The molecule has 0 atom stereocenters. The van der Waals surface area contributed by atoms with E-state index in [0.29, 0.717) is 5.41 Å². The standard InChI is InChI=1S/C22H30N8OS/c1-17-25-23-16-29(17)19-6-3-5-18(13-19)24-22(9-7-21(8-10-22)14-31-15-21)20-26-27-28-30(20)11-4-12-32-2/h3,5-6,13,16,24H,4,7-12,14-15H2,1-2H3. The van der Waals surface area contributed by atoms with Crippen LogP contribution in [-0.2, 0) is 16.8 Å². The summed E-state index contributed by atoms with van der Waals surface area (Å²) in [6.07, 6.45) is 9.12. The molecule has 3 heterocycles. The fourth-order valence-corrected chi connectivity index (χ4v) is 5.32. The molecule has 1 aliphatic heterocycles. The third kappa shape index (κ3) is 4.01. The molecule has 5 rings (SSSR count). The van der Waals surface area contributed by atoms with E-state index >= 15 is 0 Å². The van der Waals surface area contributed by atoms with Gasteiger partial charge in [0.15, 0.2) is 5.82 Å². The molecule has 2 aromatic heterocycles. The lowest BCUT2D eigenvalue weighted by atomic mass is 9.66. The molecule has 1 spiro atoms. The Bertz CT molecular complexity index is 1050. The summed E-state index contributed by atoms with van der Waals surface area (Å²) in [5.41, 5.74) is 2.12. The van der Waals surface area contributed by atoms with Crippen LogP contribution in [0.4, 0.5) is 5.69 Å². The molecule has 32 heavy (non-hydrogen) atoms. The number of nitrogens with one attached hydrogen (secondary N) is 1. The van der Waals surface area contributed by atoms with Crippen LogP contribution in [0.25, 0.3) is 5.69 Å². The van der Waals surface area contributed by atoms with E-state index in [4.69, 9.17) is 4.74 Å². The number of benzene rings is 1. The third-order valence-electron chi connectivity index (χ3n) is 6.89. The summed E-state index contributed by atoms with van der Waals surface area (Å²) in [6, 6.07) is 8.40. The minimum atomic E-state index is -0.301. The van der Waals surface area contributed by atoms with Gasteiger partial charge in [0.25, 0.3) is 0 Å². The van der Waals surface area contributed by atoms with E-state index in [9.17, 15) is 0 Å². The number of hydrogen-bond donors (Lipinski definition) is 1. The molecule has 9 nitrogen and oxygen atoms in total. The Labute approximate surface area is 192 Å². The van der Waals surface area contributed by atoms with E-state index in [0.717, 1.165) is 80.6 Å². The van der Waals surface area contributed by atoms with Crippen molar-refractivity contribution < 1.29 is 4.74 Å². The number of tetrazole rings is 1. The van der Waals surface area contributed by atoms with E-state index in [-0.39, 0.29) is 5.54 Å². The van der Waals surface area contributed by atoms with Crippen molar-refractivity contribution in [2.45, 2.75) is 51.1 Å². The van der Waals surface area contributed by atoms with Gasteiger partial charge in [-0.1, -0.05) is 6.07 Å². The second kappa shape index (κ2) is 8.82. The van der Waals surface area contributed by atoms with Crippen LogP contribution in [-0.4, -0.2) is 60.2 Å². The highest BCUT2D eigenvalue weighted by Crippen LogP contribution is 2.50. The highest BCUT2D eigenvalue weighted by Gasteiger charge is 2.49. The van der Waals surface area contributed by atoms with Crippen LogP contribution in [0.2, 0.25) is 0 Å². The molecule has 0 bridgehead atoms. The summed E-state index contributed by atoms with van der Waals surface area (Å²) in [7, 11) is 0. The molecule has 2 fully saturated rings. The number of ether oxygens (including phenoxy) is 1. The van der Waals surface area contributed by atoms with Crippen LogP contribution in [0.5, 0.6) is 0 Å². The Morgan fingerprint density at radius 2 is 2.00 bits per heavy atom. The molecule has 0 amide bonds. The van der Waals surface area contributed by atoms with Gasteiger partial charge in [-0.25, -0.2) is 4.68 Å². The van der Waals surface area contributed by atoms with Crippen LogP contribution in [0.1, 0.15) is 43.8 Å². The molecule has 1 N–H and O–H groups in total. The first-order chi connectivity index (χ1) is 15.6. The number of aryl methyl sites for hydroxylation is 2. The number of aromatic nitrogens is 7. The van der Waals surface area contributed by atoms with Crippen molar-refractivity contribution >= 4 is 17.4 Å². The highest BCUT2D eigenvalue weighted by molar-refractivity contribution is 7.98. The first-order valence-corrected chi connectivity index (χ1v) is 12.6. The lowest BCUT2D eigenvalue weighted by Gasteiger charge is -2.50.